The van der Waals surface area contributed by atoms with E-state index in [1.165, 1.54) is 12.1 Å². The number of nitrogens with zero attached hydrogens (tertiary/aromatic N) is 4. The van der Waals surface area contributed by atoms with Gasteiger partial charge in [-0.1, -0.05) is 31.9 Å². The third kappa shape index (κ3) is 6.42. The smallest absolute Gasteiger partial charge is 0.324 e. The molecule has 12 heteroatoms. The van der Waals surface area contributed by atoms with Crippen molar-refractivity contribution in [2.45, 2.75) is 59.2 Å². The predicted molar refractivity (Wildman–Crippen MR) is 163 cm³/mol. The molecule has 224 valence electrons. The fourth-order valence-electron chi connectivity index (χ4n) is 4.83. The fourth-order valence-corrected chi connectivity index (χ4v) is 5.08. The second-order valence-corrected chi connectivity index (χ2v) is 10.6. The summed E-state index contributed by atoms with van der Waals surface area (Å²) in [5.74, 6) is -0.302. The molecule has 3 atom stereocenters. The zero-order chi connectivity index (χ0) is 30.6. The second-order valence-electron chi connectivity index (χ2n) is 10.2. The third-order valence-corrected chi connectivity index (χ3v) is 7.76. The molecular weight excluding hydrogens is 561 g/mol. The second kappa shape index (κ2) is 13.3. The molecule has 1 aliphatic rings. The Balaban J connectivity index is 1.83. The number of allylic oxidation sites excluding steroid dienone is 1. The lowest BCUT2D eigenvalue weighted by atomic mass is 9.94. The van der Waals surface area contributed by atoms with E-state index in [-0.39, 0.29) is 12.6 Å². The number of aromatic nitrogens is 3. The molecule has 0 spiro atoms. The van der Waals surface area contributed by atoms with Crippen LogP contribution in [0.2, 0.25) is 5.15 Å². The number of hydrogen-bond acceptors (Lipinski definition) is 9. The lowest BCUT2D eigenvalue weighted by Gasteiger charge is -2.23. The van der Waals surface area contributed by atoms with Crippen LogP contribution in [0.3, 0.4) is 0 Å². The SMILES string of the molecule is CCC(C)C(N)C(=O)OCNc1ncc2cc1O[C@H](C)c1cc(F)ccc1/C(N)=C(/C=NC)Cc1c(Cl)nn(CC)c1-2. The Morgan fingerprint density at radius 3 is 2.83 bits per heavy atom. The van der Waals surface area contributed by atoms with Gasteiger partial charge in [-0.25, -0.2) is 9.37 Å². The number of carbonyl (C=O) groups excluding carboxylic acids is 1. The molecule has 0 radical (unpaired) electrons. The van der Waals surface area contributed by atoms with Gasteiger partial charge in [-0.2, -0.15) is 5.10 Å². The Hall–Kier alpha value is -3.96. The van der Waals surface area contributed by atoms with E-state index in [2.05, 4.69) is 20.4 Å². The molecule has 42 heavy (non-hydrogen) atoms. The van der Waals surface area contributed by atoms with Crippen LogP contribution in [0.25, 0.3) is 17.0 Å². The molecule has 1 aromatic carbocycles. The maximum Gasteiger partial charge on any atom is 0.324 e. The fraction of sp³-hybridized carbons (Fsp3) is 0.400. The first kappa shape index (κ1) is 31.0. The number of rotatable bonds is 8. The van der Waals surface area contributed by atoms with E-state index in [1.54, 1.807) is 37.1 Å². The molecule has 3 heterocycles. The van der Waals surface area contributed by atoms with Gasteiger partial charge in [-0.05, 0) is 49.6 Å². The predicted octanol–water partition coefficient (Wildman–Crippen LogP) is 5.11. The molecule has 1 aliphatic heterocycles. The Labute approximate surface area is 249 Å². The number of halogens is 2. The largest absolute Gasteiger partial charge is 0.482 e. The molecule has 0 aliphatic carbocycles. The number of fused-ring (bicyclic) bond motifs is 5. The molecule has 2 aromatic heterocycles. The van der Waals surface area contributed by atoms with Crippen molar-refractivity contribution in [2.24, 2.45) is 22.4 Å². The van der Waals surface area contributed by atoms with E-state index >= 15 is 0 Å². The van der Waals surface area contributed by atoms with Crippen molar-refractivity contribution in [3.05, 3.63) is 63.7 Å². The first-order chi connectivity index (χ1) is 20.1. The number of ether oxygens (including phenoxy) is 2. The number of nitrogens with one attached hydrogen (secondary N) is 1. The van der Waals surface area contributed by atoms with Crippen molar-refractivity contribution in [3.8, 4) is 17.0 Å². The number of aryl methyl sites for hydroxylation is 1. The first-order valence-corrected chi connectivity index (χ1v) is 14.3. The third-order valence-electron chi connectivity index (χ3n) is 7.45. The van der Waals surface area contributed by atoms with Crippen molar-refractivity contribution in [3.63, 3.8) is 0 Å². The van der Waals surface area contributed by atoms with Crippen LogP contribution < -0.4 is 21.5 Å². The number of aliphatic imine (C=N–C) groups is 1. The number of carbonyl (C=O) groups is 1. The van der Waals surface area contributed by atoms with Crippen LogP contribution in [-0.4, -0.2) is 46.8 Å². The molecule has 0 amide bonds. The highest BCUT2D eigenvalue weighted by Crippen LogP contribution is 2.38. The Kier molecular flexibility index (Phi) is 9.85. The Morgan fingerprint density at radius 2 is 2.14 bits per heavy atom. The van der Waals surface area contributed by atoms with Gasteiger partial charge in [0.05, 0.1) is 5.69 Å². The summed E-state index contributed by atoms with van der Waals surface area (Å²) >= 11 is 6.68. The van der Waals surface area contributed by atoms with Crippen molar-refractivity contribution in [1.82, 2.24) is 14.8 Å². The molecule has 2 bridgehead atoms. The summed E-state index contributed by atoms with van der Waals surface area (Å²) in [4.78, 5) is 21.2. The van der Waals surface area contributed by atoms with E-state index in [0.717, 1.165) is 17.7 Å². The number of nitrogens with two attached hydrogens (primary N) is 2. The van der Waals surface area contributed by atoms with Crippen LogP contribution in [0, 0.1) is 11.7 Å². The molecule has 3 aromatic rings. The zero-order valence-electron chi connectivity index (χ0n) is 24.4. The molecule has 2 unspecified atom stereocenters. The minimum atomic E-state index is -0.738. The van der Waals surface area contributed by atoms with Gasteiger partial charge in [0.1, 0.15) is 18.0 Å². The average Bonchev–Trinajstić information content (AvgIpc) is 3.30. The average molecular weight is 598 g/mol. The number of pyridine rings is 1. The van der Waals surface area contributed by atoms with Crippen LogP contribution in [0.1, 0.15) is 56.9 Å². The summed E-state index contributed by atoms with van der Waals surface area (Å²) < 4.78 is 28.1. The minimum absolute atomic E-state index is 0.0243. The summed E-state index contributed by atoms with van der Waals surface area (Å²) in [7, 11) is 1.66. The molecule has 5 N–H and O–H groups in total. The maximum atomic E-state index is 14.5. The molecule has 10 nitrogen and oxygen atoms in total. The quantitative estimate of drug-likeness (QED) is 0.185. The van der Waals surface area contributed by atoms with Crippen LogP contribution in [-0.2, 0) is 22.5 Å². The first-order valence-electron chi connectivity index (χ1n) is 13.9. The topological polar surface area (TPSA) is 143 Å². The Morgan fingerprint density at radius 1 is 1.38 bits per heavy atom. The summed E-state index contributed by atoms with van der Waals surface area (Å²) in [6.45, 7) is 7.98. The van der Waals surface area contributed by atoms with Gasteiger partial charge < -0.3 is 26.3 Å². The number of esters is 1. The van der Waals surface area contributed by atoms with E-state index in [0.29, 0.717) is 57.6 Å². The highest BCUT2D eigenvalue weighted by molar-refractivity contribution is 6.30. The van der Waals surface area contributed by atoms with Gasteiger partial charge in [0, 0.05) is 60.4 Å². The monoisotopic (exact) mass is 597 g/mol. The van der Waals surface area contributed by atoms with Gasteiger partial charge in [0.25, 0.3) is 0 Å². The van der Waals surface area contributed by atoms with E-state index < -0.39 is 23.9 Å². The highest BCUT2D eigenvalue weighted by Gasteiger charge is 2.26. The van der Waals surface area contributed by atoms with Gasteiger partial charge in [-0.15, -0.1) is 0 Å². The van der Waals surface area contributed by atoms with E-state index in [1.807, 2.05) is 26.8 Å². The van der Waals surface area contributed by atoms with Crippen molar-refractivity contribution in [1.29, 1.82) is 0 Å². The molecule has 0 saturated heterocycles. The number of hydrogen-bond donors (Lipinski definition) is 3. The maximum absolute atomic E-state index is 14.5. The van der Waals surface area contributed by atoms with Crippen LogP contribution in [0.15, 0.2) is 41.0 Å². The normalized spacial score (nSPS) is 18.2. The van der Waals surface area contributed by atoms with Crippen molar-refractivity contribution in [2.75, 3.05) is 19.1 Å². The number of anilines is 1. The zero-order valence-corrected chi connectivity index (χ0v) is 25.2. The molecule has 0 fully saturated rings. The summed E-state index contributed by atoms with van der Waals surface area (Å²) in [5, 5.41) is 7.88. The van der Waals surface area contributed by atoms with Crippen molar-refractivity contribution >= 4 is 35.3 Å². The van der Waals surface area contributed by atoms with Crippen LogP contribution >= 0.6 is 11.6 Å². The summed E-state index contributed by atoms with van der Waals surface area (Å²) in [6.07, 6.45) is 3.76. The summed E-state index contributed by atoms with van der Waals surface area (Å²) in [6, 6.07) is 5.45. The molecule has 4 rings (SSSR count). The van der Waals surface area contributed by atoms with Gasteiger partial charge >= 0.3 is 5.97 Å². The molecular formula is C30H37ClFN7O3. The van der Waals surface area contributed by atoms with Crippen molar-refractivity contribution < 1.29 is 18.7 Å². The van der Waals surface area contributed by atoms with Gasteiger partial charge in [0.2, 0.25) is 0 Å². The van der Waals surface area contributed by atoms with E-state index in [9.17, 15) is 9.18 Å². The van der Waals surface area contributed by atoms with Crippen LogP contribution in [0.4, 0.5) is 10.2 Å². The summed E-state index contributed by atoms with van der Waals surface area (Å²) in [5.41, 5.74) is 17.2. The highest BCUT2D eigenvalue weighted by atomic mass is 35.5. The minimum Gasteiger partial charge on any atom is -0.482 e. The molecule has 0 saturated carbocycles. The van der Waals surface area contributed by atoms with Crippen LogP contribution in [0.5, 0.6) is 5.75 Å². The number of benzene rings is 1. The van der Waals surface area contributed by atoms with Gasteiger partial charge in [0.15, 0.2) is 23.5 Å². The Bertz CT molecular complexity index is 1520. The lowest BCUT2D eigenvalue weighted by Crippen LogP contribution is -2.38. The lowest BCUT2D eigenvalue weighted by molar-refractivity contribution is -0.145. The van der Waals surface area contributed by atoms with Gasteiger partial charge in [-0.3, -0.25) is 14.5 Å². The standard InChI is InChI=1S/C30H37ClFN7O3/c1-6-16(3)25(33)30(40)41-15-37-29-24-11-19(14-36-29)27-23(28(31)38-39(27)7-2)10-18(13-35-5)26(34)21-9-8-20(32)12-22(21)17(4)42-24/h8-9,11-14,16-17,25H,6-7,10,15,33-34H2,1-5H3,(H,36,37)/b26-18-,35-13?/t16?,17-,25?/m1/s1. The van der Waals surface area contributed by atoms with E-state index in [4.69, 9.17) is 32.5 Å².